The van der Waals surface area contributed by atoms with Crippen LogP contribution in [-0.2, 0) is 0 Å². The summed E-state index contributed by atoms with van der Waals surface area (Å²) in [6.07, 6.45) is 1.76. The van der Waals surface area contributed by atoms with Crippen LogP contribution >= 0.6 is 0 Å². The van der Waals surface area contributed by atoms with E-state index in [1.54, 1.807) is 24.4 Å². The Bertz CT molecular complexity index is 705. The molecule has 0 aliphatic carbocycles. The van der Waals surface area contributed by atoms with Crippen molar-refractivity contribution < 1.29 is 4.74 Å². The van der Waals surface area contributed by atoms with Crippen LogP contribution in [0.2, 0.25) is 0 Å². The third-order valence-corrected chi connectivity index (χ3v) is 2.71. The van der Waals surface area contributed by atoms with Crippen molar-refractivity contribution in [2.24, 2.45) is 0 Å². The Labute approximate surface area is 103 Å². The maximum Gasteiger partial charge on any atom is 0.129 e. The van der Waals surface area contributed by atoms with Crippen LogP contribution in [0.1, 0.15) is 0 Å². The number of rotatable bonds is 2. The van der Waals surface area contributed by atoms with Crippen molar-refractivity contribution in [3.63, 3.8) is 0 Å². The lowest BCUT2D eigenvalue weighted by Crippen LogP contribution is -1.94. The molecular weight excluding hydrogens is 228 g/mol. The van der Waals surface area contributed by atoms with Crippen LogP contribution in [0.5, 0.6) is 11.5 Å². The van der Waals surface area contributed by atoms with E-state index in [1.165, 1.54) is 0 Å². The molecular formula is C13H12N4O. The molecule has 90 valence electrons. The van der Waals surface area contributed by atoms with Gasteiger partial charge in [0.15, 0.2) is 0 Å². The van der Waals surface area contributed by atoms with E-state index in [0.29, 0.717) is 17.1 Å². The van der Waals surface area contributed by atoms with Crippen molar-refractivity contribution in [1.82, 2.24) is 10.2 Å². The van der Waals surface area contributed by atoms with E-state index < -0.39 is 0 Å². The van der Waals surface area contributed by atoms with Crippen molar-refractivity contribution in [1.29, 1.82) is 0 Å². The first-order chi connectivity index (χ1) is 8.72. The second-order valence-corrected chi connectivity index (χ2v) is 4.01. The Kier molecular flexibility index (Phi) is 2.30. The van der Waals surface area contributed by atoms with Crippen LogP contribution in [0, 0.1) is 0 Å². The van der Waals surface area contributed by atoms with Gasteiger partial charge in [0.1, 0.15) is 11.5 Å². The standard InChI is InChI=1S/C13H12N4O/c14-11-4-3-9(5-12(11)15)18-10-2-1-8-7-16-17-13(8)6-10/h1-7H,14-15H2,(H,16,17). The molecule has 0 amide bonds. The van der Waals surface area contributed by atoms with Gasteiger partial charge in [-0.15, -0.1) is 0 Å². The van der Waals surface area contributed by atoms with Crippen LogP contribution in [0.15, 0.2) is 42.6 Å². The first-order valence-corrected chi connectivity index (χ1v) is 5.48. The van der Waals surface area contributed by atoms with Gasteiger partial charge in [-0.1, -0.05) is 0 Å². The molecule has 5 N–H and O–H groups in total. The highest BCUT2D eigenvalue weighted by molar-refractivity contribution is 5.79. The van der Waals surface area contributed by atoms with E-state index >= 15 is 0 Å². The molecule has 1 aromatic heterocycles. The van der Waals surface area contributed by atoms with Gasteiger partial charge in [0.2, 0.25) is 0 Å². The lowest BCUT2D eigenvalue weighted by atomic mass is 10.2. The van der Waals surface area contributed by atoms with Crippen molar-refractivity contribution in [2.45, 2.75) is 0 Å². The van der Waals surface area contributed by atoms with Crippen LogP contribution < -0.4 is 16.2 Å². The molecule has 0 aliphatic rings. The number of aromatic nitrogens is 2. The molecule has 0 radical (unpaired) electrons. The summed E-state index contributed by atoms with van der Waals surface area (Å²) in [4.78, 5) is 0. The van der Waals surface area contributed by atoms with E-state index in [0.717, 1.165) is 16.7 Å². The summed E-state index contributed by atoms with van der Waals surface area (Å²) < 4.78 is 5.71. The third kappa shape index (κ3) is 1.82. The topological polar surface area (TPSA) is 90.0 Å². The lowest BCUT2D eigenvalue weighted by Gasteiger charge is -2.07. The van der Waals surface area contributed by atoms with E-state index in [-0.39, 0.29) is 0 Å². The average molecular weight is 240 g/mol. The maximum absolute atomic E-state index is 5.73. The average Bonchev–Trinajstić information content (AvgIpc) is 2.81. The Hall–Kier alpha value is -2.69. The number of nitrogens with zero attached hydrogens (tertiary/aromatic N) is 1. The SMILES string of the molecule is Nc1ccc(Oc2ccc3cn[nH]c3c2)cc1N. The van der Waals surface area contributed by atoms with Gasteiger partial charge >= 0.3 is 0 Å². The number of hydrogen-bond donors (Lipinski definition) is 3. The number of H-pyrrole nitrogens is 1. The van der Waals surface area contributed by atoms with Gasteiger partial charge in [0, 0.05) is 17.5 Å². The first-order valence-electron chi connectivity index (χ1n) is 5.48. The fourth-order valence-electron chi connectivity index (χ4n) is 1.73. The van der Waals surface area contributed by atoms with Gasteiger partial charge in [-0.3, -0.25) is 5.10 Å². The van der Waals surface area contributed by atoms with Crippen molar-refractivity contribution in [2.75, 3.05) is 11.5 Å². The molecule has 2 aromatic carbocycles. The summed E-state index contributed by atoms with van der Waals surface area (Å²) in [6.45, 7) is 0. The number of ether oxygens (including phenoxy) is 1. The number of nitrogens with one attached hydrogen (secondary N) is 1. The largest absolute Gasteiger partial charge is 0.457 e. The predicted octanol–water partition coefficient (Wildman–Crippen LogP) is 2.52. The minimum atomic E-state index is 0.509. The molecule has 3 rings (SSSR count). The van der Waals surface area contributed by atoms with Crippen LogP contribution in [-0.4, -0.2) is 10.2 Å². The number of benzene rings is 2. The number of nitrogen functional groups attached to an aromatic ring is 2. The van der Waals surface area contributed by atoms with Gasteiger partial charge in [-0.25, -0.2) is 0 Å². The number of nitrogens with two attached hydrogens (primary N) is 2. The van der Waals surface area contributed by atoms with Gasteiger partial charge in [0.05, 0.1) is 23.1 Å². The zero-order valence-corrected chi connectivity index (χ0v) is 9.55. The summed E-state index contributed by atoms with van der Waals surface area (Å²) in [5.41, 5.74) is 13.4. The van der Waals surface area contributed by atoms with Gasteiger partial charge in [-0.2, -0.15) is 5.10 Å². The molecule has 0 saturated carbocycles. The summed E-state index contributed by atoms with van der Waals surface area (Å²) in [6, 6.07) is 10.9. The lowest BCUT2D eigenvalue weighted by molar-refractivity contribution is 0.484. The molecule has 3 aromatic rings. The minimum absolute atomic E-state index is 0.509. The van der Waals surface area contributed by atoms with Crippen molar-refractivity contribution in [3.8, 4) is 11.5 Å². The van der Waals surface area contributed by atoms with Crippen LogP contribution in [0.3, 0.4) is 0 Å². The summed E-state index contributed by atoms with van der Waals surface area (Å²) in [5.74, 6) is 1.37. The van der Waals surface area contributed by atoms with E-state index in [2.05, 4.69) is 10.2 Å². The first kappa shape index (κ1) is 10.5. The number of aromatic amines is 1. The Morgan fingerprint density at radius 1 is 0.944 bits per heavy atom. The Morgan fingerprint density at radius 2 is 1.72 bits per heavy atom. The highest BCUT2D eigenvalue weighted by Crippen LogP contribution is 2.27. The summed E-state index contributed by atoms with van der Waals surface area (Å²) in [5, 5.41) is 7.89. The molecule has 0 atom stereocenters. The molecule has 0 aliphatic heterocycles. The van der Waals surface area contributed by atoms with Gasteiger partial charge in [0.25, 0.3) is 0 Å². The van der Waals surface area contributed by atoms with E-state index in [4.69, 9.17) is 16.2 Å². The molecule has 0 spiro atoms. The molecule has 0 fully saturated rings. The Balaban J connectivity index is 1.92. The zero-order chi connectivity index (χ0) is 12.5. The van der Waals surface area contributed by atoms with Gasteiger partial charge in [-0.05, 0) is 24.3 Å². The van der Waals surface area contributed by atoms with Crippen LogP contribution in [0.4, 0.5) is 11.4 Å². The highest BCUT2D eigenvalue weighted by Gasteiger charge is 2.02. The summed E-state index contributed by atoms with van der Waals surface area (Å²) >= 11 is 0. The number of fused-ring (bicyclic) bond motifs is 1. The number of anilines is 2. The zero-order valence-electron chi connectivity index (χ0n) is 9.55. The number of hydrogen-bond acceptors (Lipinski definition) is 4. The third-order valence-electron chi connectivity index (χ3n) is 2.71. The maximum atomic E-state index is 5.73. The molecule has 0 unspecified atom stereocenters. The highest BCUT2D eigenvalue weighted by atomic mass is 16.5. The fourth-order valence-corrected chi connectivity index (χ4v) is 1.73. The molecule has 0 bridgehead atoms. The molecule has 1 heterocycles. The second-order valence-electron chi connectivity index (χ2n) is 4.01. The fraction of sp³-hybridized carbons (Fsp3) is 0. The van der Waals surface area contributed by atoms with E-state index in [1.807, 2.05) is 18.2 Å². The Morgan fingerprint density at radius 3 is 2.56 bits per heavy atom. The smallest absolute Gasteiger partial charge is 0.129 e. The monoisotopic (exact) mass is 240 g/mol. The normalized spacial score (nSPS) is 10.7. The van der Waals surface area contributed by atoms with E-state index in [9.17, 15) is 0 Å². The van der Waals surface area contributed by atoms with Gasteiger partial charge < -0.3 is 16.2 Å². The summed E-state index contributed by atoms with van der Waals surface area (Å²) in [7, 11) is 0. The van der Waals surface area contributed by atoms with Crippen molar-refractivity contribution in [3.05, 3.63) is 42.6 Å². The molecule has 0 saturated heterocycles. The quantitative estimate of drug-likeness (QED) is 0.600. The molecule has 18 heavy (non-hydrogen) atoms. The minimum Gasteiger partial charge on any atom is -0.457 e. The van der Waals surface area contributed by atoms with Crippen molar-refractivity contribution >= 4 is 22.3 Å². The predicted molar refractivity (Wildman–Crippen MR) is 71.4 cm³/mol. The molecule has 5 nitrogen and oxygen atoms in total. The second kappa shape index (κ2) is 3.96. The molecule has 5 heteroatoms. The van der Waals surface area contributed by atoms with Crippen LogP contribution in [0.25, 0.3) is 10.9 Å².